The molecule has 17 aromatic carbocycles. The Balaban J connectivity index is 0.0000000921. The lowest BCUT2D eigenvalue weighted by Gasteiger charge is -2.19. The van der Waals surface area contributed by atoms with Gasteiger partial charge in [-0.05, 0) is 174 Å². The number of nitrogens with zero attached hydrogens (tertiary/aromatic N) is 5. The quantitative estimate of drug-likeness (QED) is 0.110. The molecule has 0 saturated heterocycles. The molecule has 131 heavy (non-hydrogen) atoms. The summed E-state index contributed by atoms with van der Waals surface area (Å²) < 4.78 is 9.91. The average molecular weight is 1690 g/mol. The van der Waals surface area contributed by atoms with Gasteiger partial charge in [0.2, 0.25) is 0 Å². The van der Waals surface area contributed by atoms with Crippen molar-refractivity contribution >= 4 is 192 Å². The first-order valence-corrected chi connectivity index (χ1v) is 42.7. The molecule has 0 fully saturated rings. The summed E-state index contributed by atoms with van der Waals surface area (Å²) in [6, 6.07) is 105. The number of carbonyl (C=O) groups excluding carboxylic acids is 3. The van der Waals surface area contributed by atoms with Gasteiger partial charge in [0.1, 0.15) is 0 Å². The first kappa shape index (κ1) is 74.2. The highest BCUT2D eigenvalue weighted by Gasteiger charge is 2.36. The van der Waals surface area contributed by atoms with E-state index in [1.54, 1.807) is 103 Å². The second-order valence-corrected chi connectivity index (χ2v) is 33.5. The summed E-state index contributed by atoms with van der Waals surface area (Å²) in [6.45, 7) is 0. The van der Waals surface area contributed by atoms with Crippen LogP contribution in [0.25, 0.3) is 213 Å². The van der Waals surface area contributed by atoms with Gasteiger partial charge in [0.25, 0.3) is 0 Å². The number of carbonyl (C=O) groups is 3. The summed E-state index contributed by atoms with van der Waals surface area (Å²) in [7, 11) is 0. The summed E-state index contributed by atoms with van der Waals surface area (Å²) in [5.74, 6) is -0.276. The van der Waals surface area contributed by atoms with Gasteiger partial charge in [-0.25, -0.2) is 0 Å². The fourth-order valence-corrected chi connectivity index (χ4v) is 21.5. The Morgan fingerprint density at radius 2 is 0.450 bits per heavy atom. The largest absolute Gasteiger partial charge is 0.309 e. The first-order valence-electron chi connectivity index (χ1n) is 42.7. The van der Waals surface area contributed by atoms with Crippen molar-refractivity contribution in [1.82, 2.24) is 22.2 Å². The molecule has 17 heteroatoms. The minimum atomic E-state index is -0.252. The molecule has 0 N–H and O–H groups in total. The molecule has 29 rings (SSSR count). The van der Waals surface area contributed by atoms with Gasteiger partial charge in [0.15, 0.2) is 66.2 Å². The number of para-hydroxylation sites is 10. The van der Waals surface area contributed by atoms with Gasteiger partial charge in [-0.2, -0.15) is 0 Å². The van der Waals surface area contributed by atoms with Gasteiger partial charge >= 0.3 is 0 Å². The third kappa shape index (κ3) is 9.85. The molecule has 610 valence electrons. The van der Waals surface area contributed by atoms with E-state index in [0.29, 0.717) is 191 Å². The molecule has 9 aromatic heterocycles. The van der Waals surface area contributed by atoms with Crippen molar-refractivity contribution in [3.8, 4) is 39.1 Å². The van der Waals surface area contributed by atoms with Crippen molar-refractivity contribution in [2.45, 2.75) is 0 Å². The van der Waals surface area contributed by atoms with E-state index < -0.39 is 0 Å². The van der Waals surface area contributed by atoms with Crippen molar-refractivity contribution in [3.63, 3.8) is 0 Å². The smallest absolute Gasteiger partial charge is 0.198 e. The van der Waals surface area contributed by atoms with Gasteiger partial charge in [0.05, 0.1) is 99.0 Å². The Hall–Kier alpha value is -18.2. The zero-order valence-electron chi connectivity index (χ0n) is 68.5. The minimum absolute atomic E-state index is 0.0405. The SMILES string of the molecule is O=C1c2ccccc2-c2c1cc1c(=O)c3ccccc3n3c4ccccc4c(=O)c2c13.O=C1c2ccccc2-c2c1ccc1c(=O)c3cccc4c(=O)c5ccccc5n(c21)c43.O=C1c2ccccc2-c2ccc3c(=O)c4cccc5c(=O)c6ccccc6n(c3c21)c54.O=c1c2ccccc2n2c3ccccc3c(=O)c3c4c(=O)c5ccccc5n(-c5ccccc5)c4cc1c32. The predicted octanol–water partition coefficient (Wildman–Crippen LogP) is 20.3. The van der Waals surface area contributed by atoms with Crippen molar-refractivity contribution < 1.29 is 14.4 Å². The number of rotatable bonds is 1. The van der Waals surface area contributed by atoms with Crippen LogP contribution in [0, 0.1) is 0 Å². The van der Waals surface area contributed by atoms with Gasteiger partial charge in [-0.15, -0.1) is 0 Å². The summed E-state index contributed by atoms with van der Waals surface area (Å²) in [4.78, 5) is 163. The normalized spacial score (nSPS) is 12.6. The number of aromatic nitrogens is 5. The van der Waals surface area contributed by atoms with Gasteiger partial charge in [0, 0.05) is 125 Å². The molecule has 0 amide bonds. The lowest BCUT2D eigenvalue weighted by molar-refractivity contribution is 0.103. The number of hydrogen-bond acceptors (Lipinski definition) is 12. The fourth-order valence-electron chi connectivity index (χ4n) is 21.5. The highest BCUT2D eigenvalue weighted by molar-refractivity contribution is 6.32. The van der Waals surface area contributed by atoms with Crippen LogP contribution in [0.4, 0.5) is 0 Å². The summed E-state index contributed by atoms with van der Waals surface area (Å²) in [5, 5.41) is 8.69. The van der Waals surface area contributed by atoms with Gasteiger partial charge in [-0.1, -0.05) is 194 Å². The minimum Gasteiger partial charge on any atom is -0.309 e. The maximum absolute atomic E-state index is 14.2. The van der Waals surface area contributed by atoms with Crippen LogP contribution in [0.2, 0.25) is 0 Å². The Bertz CT molecular complexity index is 10500. The fraction of sp³-hybridized carbons (Fsp3) is 0. The van der Waals surface area contributed by atoms with Crippen LogP contribution in [0.5, 0.6) is 0 Å². The predicted molar refractivity (Wildman–Crippen MR) is 522 cm³/mol. The van der Waals surface area contributed by atoms with E-state index in [1.165, 1.54) is 0 Å². The summed E-state index contributed by atoms with van der Waals surface area (Å²) in [6.07, 6.45) is 0. The Labute approximate surface area is 733 Å². The van der Waals surface area contributed by atoms with Gasteiger partial charge < -0.3 is 22.2 Å². The molecule has 0 radical (unpaired) electrons. The van der Waals surface area contributed by atoms with E-state index >= 15 is 0 Å². The van der Waals surface area contributed by atoms with Crippen molar-refractivity contribution in [2.75, 3.05) is 0 Å². The molecule has 0 atom stereocenters. The number of hydrogen-bond donors (Lipinski definition) is 0. The second-order valence-electron chi connectivity index (χ2n) is 33.5. The Kier molecular flexibility index (Phi) is 15.4. The monoisotopic (exact) mass is 1690 g/mol. The van der Waals surface area contributed by atoms with Crippen LogP contribution in [0.15, 0.2) is 389 Å². The number of fused-ring (bicyclic) bond motifs is 31. The van der Waals surface area contributed by atoms with E-state index in [-0.39, 0.29) is 71.6 Å². The maximum atomic E-state index is 14.2. The highest BCUT2D eigenvalue weighted by Crippen LogP contribution is 2.47. The van der Waals surface area contributed by atoms with Crippen LogP contribution >= 0.6 is 0 Å². The van der Waals surface area contributed by atoms with Crippen LogP contribution in [0.1, 0.15) is 47.8 Å². The molecule has 3 aliphatic carbocycles. The second kappa shape index (κ2) is 27.2. The van der Waals surface area contributed by atoms with E-state index in [1.807, 2.05) is 265 Å². The average Bonchev–Trinajstić information content (AvgIpc) is 1.65. The van der Waals surface area contributed by atoms with E-state index in [9.17, 15) is 57.5 Å². The first-order chi connectivity index (χ1) is 64.1. The molecule has 3 aliphatic rings. The molecule has 17 nitrogen and oxygen atoms in total. The third-order valence-corrected chi connectivity index (χ3v) is 27.0. The van der Waals surface area contributed by atoms with Crippen molar-refractivity contribution in [3.05, 3.63) is 471 Å². The van der Waals surface area contributed by atoms with Crippen LogP contribution < -0.4 is 48.9 Å². The molecule has 0 saturated carbocycles. The topological polar surface area (TPSA) is 227 Å². The van der Waals surface area contributed by atoms with Crippen LogP contribution in [-0.2, 0) is 0 Å². The van der Waals surface area contributed by atoms with E-state index in [2.05, 4.69) is 0 Å². The molecule has 0 bridgehead atoms. The van der Waals surface area contributed by atoms with Crippen LogP contribution in [-0.4, -0.2) is 39.5 Å². The van der Waals surface area contributed by atoms with Crippen molar-refractivity contribution in [2.24, 2.45) is 0 Å². The third-order valence-electron chi connectivity index (χ3n) is 27.0. The molecular formula is C114H57N5O12. The summed E-state index contributed by atoms with van der Waals surface area (Å²) in [5.41, 5.74) is 16.5. The molecule has 26 aromatic rings. The van der Waals surface area contributed by atoms with Crippen molar-refractivity contribution in [1.29, 1.82) is 0 Å². The lowest BCUT2D eigenvalue weighted by Crippen LogP contribution is -2.19. The zero-order valence-corrected chi connectivity index (χ0v) is 68.5. The number of ketones is 3. The summed E-state index contributed by atoms with van der Waals surface area (Å²) >= 11 is 0. The Morgan fingerprint density at radius 3 is 0.924 bits per heavy atom. The molecular weight excluding hydrogens is 1630 g/mol. The lowest BCUT2D eigenvalue weighted by atomic mass is 9.94. The standard InChI is InChI=1S/C33H18N2O3.3C27H13NO3/c36-31-20-12-4-8-16-25(20)35-26-17-9-6-14-22(26)33(38)29-28-27(18-23(31)30(29)35)34(19-10-2-1-3-11-19)24-15-7-5-13-21(24)32(28)37;29-25-15-8-2-1-7-14(15)22-18(25)13-19-24-23(22)27(31)17-10-4-6-12-21(17)28(24)20-11-5-3-9-16(20)26(19)30;29-25-17-8-3-4-11-21(17)28-23-18(25)9-5-10-19(23)26(30)20-13-12-15-14-6-1-2-7-16(14)27(31)22(15)24(20)28;29-25-15-7-2-1-6-14(15)22-17(25)12-13-20-24(22)28-21-11-4-3-8-16(21)26(30)18-9-5-10-19(23(18)28)27(20)31/h1-18H;3*1-13H. The van der Waals surface area contributed by atoms with Crippen LogP contribution in [0.3, 0.4) is 0 Å². The zero-order chi connectivity index (χ0) is 88.1. The van der Waals surface area contributed by atoms with E-state index in [4.69, 9.17) is 0 Å². The molecule has 0 unspecified atom stereocenters. The number of pyridine rings is 9. The Morgan fingerprint density at radius 1 is 0.145 bits per heavy atom. The molecule has 0 spiro atoms. The molecule has 0 aliphatic heterocycles. The number of benzene rings is 17. The van der Waals surface area contributed by atoms with E-state index in [0.717, 1.165) is 50.1 Å². The maximum Gasteiger partial charge on any atom is 0.198 e. The molecule has 9 heterocycles. The highest BCUT2D eigenvalue weighted by atomic mass is 16.2. The van der Waals surface area contributed by atoms with Gasteiger partial charge in [-0.3, -0.25) is 57.5 Å².